The Morgan fingerprint density at radius 1 is 0.707 bits per heavy atom. The van der Waals surface area contributed by atoms with Crippen LogP contribution in [0.25, 0.3) is 32.8 Å². The maximum absolute atomic E-state index is 13.8. The molecular weight excluding hydrogens is 737 g/mol. The summed E-state index contributed by atoms with van der Waals surface area (Å²) in [6.45, 7) is 13.0. The van der Waals surface area contributed by atoms with Crippen molar-refractivity contribution in [1.29, 1.82) is 0 Å². The number of H-pyrrole nitrogens is 2. The normalized spacial score (nSPS) is 20.4. The van der Waals surface area contributed by atoms with E-state index in [0.717, 1.165) is 62.6 Å². The molecule has 4 amide bonds. The summed E-state index contributed by atoms with van der Waals surface area (Å²) in [6.07, 6.45) is 0.243. The molecule has 5 aromatic rings. The number of aromatic nitrogens is 4. The fourth-order valence-electron chi connectivity index (χ4n) is 8.33. The van der Waals surface area contributed by atoms with E-state index in [1.165, 1.54) is 14.2 Å². The molecule has 0 unspecified atom stereocenters. The van der Waals surface area contributed by atoms with E-state index in [4.69, 9.17) is 19.4 Å². The van der Waals surface area contributed by atoms with E-state index in [9.17, 15) is 19.2 Å². The monoisotopic (exact) mass is 788 g/mol. The van der Waals surface area contributed by atoms with E-state index in [-0.39, 0.29) is 47.6 Å². The third-order valence-corrected chi connectivity index (χ3v) is 11.3. The first-order chi connectivity index (χ1) is 27.7. The number of likely N-dealkylation sites (tertiary alicyclic amines) is 2. The van der Waals surface area contributed by atoms with Gasteiger partial charge < -0.3 is 39.9 Å². The number of carbonyl (C=O) groups excluding carboxylic acids is 4. The van der Waals surface area contributed by atoms with Gasteiger partial charge in [-0.05, 0) is 78.3 Å². The highest BCUT2D eigenvalue weighted by Crippen LogP contribution is 2.38. The maximum atomic E-state index is 13.8. The first-order valence-electron chi connectivity index (χ1n) is 20.0. The number of hydrogen-bond acceptors (Lipinski definition) is 8. The lowest BCUT2D eigenvalue weighted by Gasteiger charge is -2.30. The van der Waals surface area contributed by atoms with E-state index >= 15 is 0 Å². The highest BCUT2D eigenvalue weighted by molar-refractivity contribution is 6.04. The Hall–Kier alpha value is -6.10. The number of hydrogen-bond donors (Lipinski definition) is 4. The zero-order valence-corrected chi connectivity index (χ0v) is 34.3. The van der Waals surface area contributed by atoms with Gasteiger partial charge in [-0.3, -0.25) is 9.59 Å². The Bertz CT molecular complexity index is 2440. The van der Waals surface area contributed by atoms with Crippen LogP contribution in [0.1, 0.15) is 89.2 Å². The number of carbonyl (C=O) groups is 4. The van der Waals surface area contributed by atoms with Gasteiger partial charge in [-0.1, -0.05) is 65.5 Å². The quantitative estimate of drug-likeness (QED) is 0.128. The lowest BCUT2D eigenvalue weighted by Crippen LogP contribution is -2.51. The summed E-state index contributed by atoms with van der Waals surface area (Å²) in [6, 6.07) is 14.0. The van der Waals surface area contributed by atoms with E-state index in [1.54, 1.807) is 0 Å². The second-order valence-corrected chi connectivity index (χ2v) is 16.5. The molecule has 304 valence electrons. The van der Waals surface area contributed by atoms with Gasteiger partial charge in [-0.2, -0.15) is 0 Å². The Balaban J connectivity index is 1.10. The Kier molecular flexibility index (Phi) is 11.3. The van der Waals surface area contributed by atoms with E-state index < -0.39 is 24.3 Å². The van der Waals surface area contributed by atoms with E-state index in [2.05, 4.69) is 52.4 Å². The Morgan fingerprint density at radius 2 is 1.21 bits per heavy atom. The van der Waals surface area contributed by atoms with Gasteiger partial charge >= 0.3 is 12.2 Å². The molecule has 2 fully saturated rings. The molecule has 2 saturated heterocycles. The molecule has 3 aromatic carbocycles. The summed E-state index contributed by atoms with van der Waals surface area (Å²) < 4.78 is 9.58. The first kappa shape index (κ1) is 40.1. The molecule has 0 radical (unpaired) electrons. The zero-order valence-electron chi connectivity index (χ0n) is 34.3. The average molecular weight is 789 g/mol. The molecule has 0 spiro atoms. The van der Waals surface area contributed by atoms with Gasteiger partial charge in [0.05, 0.1) is 48.4 Å². The lowest BCUT2D eigenvalue weighted by molar-refractivity contribution is -0.136. The molecular formula is C44H52N8O6. The van der Waals surface area contributed by atoms with Crippen LogP contribution in [0.15, 0.2) is 48.5 Å². The first-order valence-corrected chi connectivity index (χ1v) is 20.0. The summed E-state index contributed by atoms with van der Waals surface area (Å²) >= 11 is 0. The number of amides is 4. The van der Waals surface area contributed by atoms with Crippen LogP contribution in [0.5, 0.6) is 0 Å². The van der Waals surface area contributed by atoms with Crippen molar-refractivity contribution in [2.24, 2.45) is 23.7 Å². The number of nitrogens with one attached hydrogen (secondary N) is 4. The molecule has 14 nitrogen and oxygen atoms in total. The van der Waals surface area contributed by atoms with Crippen LogP contribution in [-0.2, 0) is 19.1 Å². The molecule has 0 bridgehead atoms. The van der Waals surface area contributed by atoms with Crippen LogP contribution in [-0.4, -0.2) is 93.1 Å². The summed E-state index contributed by atoms with van der Waals surface area (Å²) in [5.74, 6) is 8.03. The van der Waals surface area contributed by atoms with Crippen LogP contribution in [0, 0.1) is 35.5 Å². The molecule has 58 heavy (non-hydrogen) atoms. The predicted octanol–water partition coefficient (Wildman–Crippen LogP) is 6.57. The predicted molar refractivity (Wildman–Crippen MR) is 220 cm³/mol. The largest absolute Gasteiger partial charge is 0.453 e. The summed E-state index contributed by atoms with van der Waals surface area (Å²) in [5, 5.41) is 7.43. The molecule has 2 aromatic heterocycles. The molecule has 14 heteroatoms. The van der Waals surface area contributed by atoms with E-state index in [0.29, 0.717) is 18.9 Å². The standard InChI is InChI=1S/C44H52N8O6/c1-23(2)36(49-43(55)57-7)41(53)51-21-25(5)17-34(51)39-45-31-15-12-28(20-33(31)47-39)10-9-27-11-14-30-29(19-27)13-16-32-38(30)48-40(46-32)35-18-26(6)22-52(35)42(54)37(24(3)4)50-44(56)58-8/h11-16,19-20,23-26,34-37H,17-18,21-22H2,1-8H3,(H,45,47)(H,46,48)(H,49,55)(H,50,56)/t25-,26-,34-,35-,36-,37-/m0/s1. The molecule has 2 aliphatic heterocycles. The van der Waals surface area contributed by atoms with Crippen molar-refractivity contribution >= 4 is 56.8 Å². The van der Waals surface area contributed by atoms with Crippen LogP contribution in [0.2, 0.25) is 0 Å². The maximum Gasteiger partial charge on any atom is 0.407 e. The molecule has 7 rings (SSSR count). The smallest absolute Gasteiger partial charge is 0.407 e. The third kappa shape index (κ3) is 8.03. The topological polar surface area (TPSA) is 175 Å². The van der Waals surface area contributed by atoms with Crippen LogP contribution in [0.4, 0.5) is 9.59 Å². The van der Waals surface area contributed by atoms with Crippen molar-refractivity contribution in [3.05, 3.63) is 71.3 Å². The van der Waals surface area contributed by atoms with Crippen molar-refractivity contribution in [3.8, 4) is 11.8 Å². The van der Waals surface area contributed by atoms with Crippen molar-refractivity contribution < 1.29 is 28.7 Å². The highest BCUT2D eigenvalue weighted by atomic mass is 16.5. The number of alkyl carbamates (subject to hydrolysis) is 2. The third-order valence-electron chi connectivity index (χ3n) is 11.3. The highest BCUT2D eigenvalue weighted by Gasteiger charge is 2.41. The van der Waals surface area contributed by atoms with Crippen molar-refractivity contribution in [2.75, 3.05) is 27.3 Å². The number of fused-ring (bicyclic) bond motifs is 4. The minimum Gasteiger partial charge on any atom is -0.453 e. The number of benzene rings is 3. The second kappa shape index (κ2) is 16.4. The number of imidazole rings is 2. The Labute approximate surface area is 337 Å². The second-order valence-electron chi connectivity index (χ2n) is 16.5. The van der Waals surface area contributed by atoms with Crippen molar-refractivity contribution in [2.45, 2.75) is 78.6 Å². The van der Waals surface area contributed by atoms with Gasteiger partial charge in [0.2, 0.25) is 11.8 Å². The molecule has 0 saturated carbocycles. The molecule has 6 atom stereocenters. The SMILES string of the molecule is COC(=O)N[C@H](C(=O)N1C[C@@H](C)C[C@H]1c1nc2ccc(C#Cc3ccc4c(ccc5nc([C@@H]6C[C@H](C)CN6C(=O)[C@@H](NC(=O)OC)C(C)C)[nH]c54)c3)cc2[nH]1)C(C)C. The van der Waals surface area contributed by atoms with Gasteiger partial charge in [0, 0.05) is 29.6 Å². The van der Waals surface area contributed by atoms with Crippen LogP contribution >= 0.6 is 0 Å². The number of aromatic amines is 2. The fraction of sp³-hybridized carbons (Fsp3) is 0.455. The minimum atomic E-state index is -0.713. The van der Waals surface area contributed by atoms with Gasteiger partial charge in [-0.25, -0.2) is 19.6 Å². The van der Waals surface area contributed by atoms with Gasteiger partial charge in [0.1, 0.15) is 23.7 Å². The molecule has 2 aliphatic rings. The summed E-state index contributed by atoms with van der Waals surface area (Å²) in [4.78, 5) is 72.1. The fourth-order valence-corrected chi connectivity index (χ4v) is 8.33. The summed E-state index contributed by atoms with van der Waals surface area (Å²) in [7, 11) is 2.58. The lowest BCUT2D eigenvalue weighted by atomic mass is 10.0. The average Bonchev–Trinajstić information content (AvgIpc) is 4.01. The number of nitrogens with zero attached hydrogens (tertiary/aromatic N) is 4. The minimum absolute atomic E-state index is 0.125. The number of rotatable bonds is 8. The van der Waals surface area contributed by atoms with Gasteiger partial charge in [-0.15, -0.1) is 0 Å². The van der Waals surface area contributed by atoms with Crippen molar-refractivity contribution in [1.82, 2.24) is 40.4 Å². The number of methoxy groups -OCH3 is 2. The molecule has 4 heterocycles. The molecule has 0 aliphatic carbocycles. The van der Waals surface area contributed by atoms with Crippen molar-refractivity contribution in [3.63, 3.8) is 0 Å². The van der Waals surface area contributed by atoms with Gasteiger partial charge in [0.25, 0.3) is 0 Å². The van der Waals surface area contributed by atoms with E-state index in [1.807, 2.05) is 80.0 Å². The zero-order chi connectivity index (χ0) is 41.4. The van der Waals surface area contributed by atoms with Crippen LogP contribution in [0.3, 0.4) is 0 Å². The number of ether oxygens (including phenoxy) is 2. The van der Waals surface area contributed by atoms with Crippen LogP contribution < -0.4 is 10.6 Å². The Morgan fingerprint density at radius 3 is 1.76 bits per heavy atom. The molecule has 4 N–H and O–H groups in total. The summed E-state index contributed by atoms with van der Waals surface area (Å²) in [5.41, 5.74) is 4.98. The van der Waals surface area contributed by atoms with Gasteiger partial charge in [0.15, 0.2) is 0 Å².